The van der Waals surface area contributed by atoms with E-state index in [1.54, 1.807) is 0 Å². The van der Waals surface area contributed by atoms with Gasteiger partial charge in [-0.15, -0.1) is 0 Å². The van der Waals surface area contributed by atoms with Gasteiger partial charge in [0, 0.05) is 5.56 Å². The quantitative estimate of drug-likeness (QED) is 0.673. The molecule has 1 aliphatic rings. The standard InChI is InChI=1S/C24H25N3O2/c1-2-6-21-24(27-22(29)14-16-7-4-3-5-8-16)26-20-12-10-18-13-17(15-28)9-11-19(18)23(20)25-21/h3-5,7-9,11,13,28H,2,6,10,12,14-15H2,1H3,(H,26,27,29). The van der Waals surface area contributed by atoms with Gasteiger partial charge in [0.15, 0.2) is 5.82 Å². The van der Waals surface area contributed by atoms with E-state index >= 15 is 0 Å². The molecule has 0 saturated heterocycles. The van der Waals surface area contributed by atoms with Crippen molar-refractivity contribution in [2.24, 2.45) is 0 Å². The molecule has 0 atom stereocenters. The maximum absolute atomic E-state index is 12.6. The van der Waals surface area contributed by atoms with Crippen LogP contribution in [0.3, 0.4) is 0 Å². The Morgan fingerprint density at radius 2 is 1.90 bits per heavy atom. The summed E-state index contributed by atoms with van der Waals surface area (Å²) < 4.78 is 0. The van der Waals surface area contributed by atoms with E-state index in [1.807, 2.05) is 42.5 Å². The van der Waals surface area contributed by atoms with Gasteiger partial charge in [-0.1, -0.05) is 61.9 Å². The smallest absolute Gasteiger partial charge is 0.229 e. The number of aryl methyl sites for hydroxylation is 3. The Hall–Kier alpha value is -3.05. The van der Waals surface area contributed by atoms with E-state index in [0.717, 1.165) is 59.5 Å². The van der Waals surface area contributed by atoms with Crippen LogP contribution in [0.2, 0.25) is 0 Å². The lowest BCUT2D eigenvalue weighted by molar-refractivity contribution is -0.115. The number of fused-ring (bicyclic) bond motifs is 3. The highest BCUT2D eigenvalue weighted by Gasteiger charge is 2.22. The highest BCUT2D eigenvalue weighted by atomic mass is 16.3. The van der Waals surface area contributed by atoms with Crippen molar-refractivity contribution in [3.63, 3.8) is 0 Å². The molecule has 0 saturated carbocycles. The maximum atomic E-state index is 12.6. The molecule has 1 amide bonds. The van der Waals surface area contributed by atoms with Crippen LogP contribution in [0.5, 0.6) is 0 Å². The Morgan fingerprint density at radius 1 is 1.07 bits per heavy atom. The van der Waals surface area contributed by atoms with Crippen molar-refractivity contribution in [1.82, 2.24) is 9.97 Å². The number of carbonyl (C=O) groups is 1. The van der Waals surface area contributed by atoms with Crippen LogP contribution in [-0.4, -0.2) is 21.0 Å². The molecule has 3 aromatic rings. The average molecular weight is 387 g/mol. The molecule has 0 fully saturated rings. The third-order valence-electron chi connectivity index (χ3n) is 5.23. The largest absolute Gasteiger partial charge is 0.392 e. The number of amides is 1. The molecule has 1 heterocycles. The Morgan fingerprint density at radius 3 is 2.66 bits per heavy atom. The van der Waals surface area contributed by atoms with Crippen LogP contribution >= 0.6 is 0 Å². The number of hydrogen-bond acceptors (Lipinski definition) is 4. The SMILES string of the molecule is CCCc1nc2c(nc1NC(=O)Cc1ccccc1)CCc1cc(CO)ccc1-2. The van der Waals surface area contributed by atoms with Crippen LogP contribution in [0, 0.1) is 0 Å². The molecule has 0 bridgehead atoms. The Labute approximate surface area is 170 Å². The second-order valence-corrected chi connectivity index (χ2v) is 7.42. The summed E-state index contributed by atoms with van der Waals surface area (Å²) in [6, 6.07) is 15.7. The minimum absolute atomic E-state index is 0.0410. The number of rotatable bonds is 6. The molecule has 2 N–H and O–H groups in total. The molecule has 0 radical (unpaired) electrons. The van der Waals surface area contributed by atoms with Crippen LogP contribution in [0.25, 0.3) is 11.3 Å². The van der Waals surface area contributed by atoms with Crippen LogP contribution in [-0.2, 0) is 37.1 Å². The molecular formula is C24H25N3O2. The van der Waals surface area contributed by atoms with Gasteiger partial charge in [-0.2, -0.15) is 0 Å². The zero-order valence-electron chi connectivity index (χ0n) is 16.6. The lowest BCUT2D eigenvalue weighted by Gasteiger charge is -2.21. The molecule has 0 unspecified atom stereocenters. The summed E-state index contributed by atoms with van der Waals surface area (Å²) in [5.41, 5.74) is 6.81. The molecule has 0 spiro atoms. The van der Waals surface area contributed by atoms with Gasteiger partial charge in [-0.05, 0) is 36.0 Å². The summed E-state index contributed by atoms with van der Waals surface area (Å²) in [5, 5.41) is 12.4. The molecule has 1 aromatic heterocycles. The first-order valence-corrected chi connectivity index (χ1v) is 10.1. The summed E-state index contributed by atoms with van der Waals surface area (Å²) in [6.07, 6.45) is 3.63. The minimum atomic E-state index is -0.0772. The molecule has 0 aliphatic heterocycles. The number of nitrogens with zero attached hydrogens (tertiary/aromatic N) is 2. The fraction of sp³-hybridized carbons (Fsp3) is 0.292. The molecule has 29 heavy (non-hydrogen) atoms. The highest BCUT2D eigenvalue weighted by Crippen LogP contribution is 2.33. The second-order valence-electron chi connectivity index (χ2n) is 7.42. The molecule has 5 nitrogen and oxygen atoms in total. The van der Waals surface area contributed by atoms with Gasteiger partial charge in [-0.3, -0.25) is 4.79 Å². The predicted octanol–water partition coefficient (Wildman–Crippen LogP) is 3.87. The zero-order valence-corrected chi connectivity index (χ0v) is 16.6. The van der Waals surface area contributed by atoms with Crippen LogP contribution < -0.4 is 5.32 Å². The van der Waals surface area contributed by atoms with E-state index in [2.05, 4.69) is 18.3 Å². The van der Waals surface area contributed by atoms with Gasteiger partial charge >= 0.3 is 0 Å². The number of aliphatic hydroxyl groups is 1. The molecule has 5 heteroatoms. The monoisotopic (exact) mass is 387 g/mol. The second kappa shape index (κ2) is 8.53. The number of anilines is 1. The number of hydrogen-bond donors (Lipinski definition) is 2. The fourth-order valence-electron chi connectivity index (χ4n) is 3.80. The topological polar surface area (TPSA) is 75.1 Å². The van der Waals surface area contributed by atoms with Crippen LogP contribution in [0.1, 0.15) is 41.4 Å². The number of benzene rings is 2. The number of nitrogens with one attached hydrogen (secondary N) is 1. The third kappa shape index (κ3) is 4.20. The number of carbonyl (C=O) groups excluding carboxylic acids is 1. The first-order chi connectivity index (χ1) is 14.2. The van der Waals surface area contributed by atoms with Gasteiger partial charge in [-0.25, -0.2) is 9.97 Å². The normalized spacial score (nSPS) is 12.2. The van der Waals surface area contributed by atoms with E-state index in [-0.39, 0.29) is 12.5 Å². The lowest BCUT2D eigenvalue weighted by atomic mass is 9.90. The Balaban J connectivity index is 1.64. The predicted molar refractivity (Wildman–Crippen MR) is 114 cm³/mol. The fourth-order valence-corrected chi connectivity index (χ4v) is 3.80. The van der Waals surface area contributed by atoms with Crippen LogP contribution in [0.15, 0.2) is 48.5 Å². The molecule has 1 aliphatic carbocycles. The molecular weight excluding hydrogens is 362 g/mol. The molecule has 4 rings (SSSR count). The van der Waals surface area contributed by atoms with Gasteiger partial charge in [0.2, 0.25) is 5.91 Å². The minimum Gasteiger partial charge on any atom is -0.392 e. The first-order valence-electron chi connectivity index (χ1n) is 10.1. The van der Waals surface area contributed by atoms with E-state index in [1.165, 1.54) is 5.56 Å². The molecule has 2 aromatic carbocycles. The molecule has 148 valence electrons. The van der Waals surface area contributed by atoms with Crippen molar-refractivity contribution in [3.05, 3.63) is 76.6 Å². The van der Waals surface area contributed by atoms with Gasteiger partial charge in [0.25, 0.3) is 0 Å². The number of aromatic nitrogens is 2. The van der Waals surface area contributed by atoms with E-state index in [0.29, 0.717) is 12.2 Å². The highest BCUT2D eigenvalue weighted by molar-refractivity contribution is 5.92. The summed E-state index contributed by atoms with van der Waals surface area (Å²) >= 11 is 0. The van der Waals surface area contributed by atoms with Crippen molar-refractivity contribution in [2.45, 2.75) is 45.6 Å². The first kappa shape index (κ1) is 19.3. The van der Waals surface area contributed by atoms with Crippen molar-refractivity contribution < 1.29 is 9.90 Å². The average Bonchev–Trinajstić information content (AvgIpc) is 2.74. The van der Waals surface area contributed by atoms with E-state index < -0.39 is 0 Å². The van der Waals surface area contributed by atoms with E-state index in [9.17, 15) is 9.90 Å². The van der Waals surface area contributed by atoms with Crippen molar-refractivity contribution in [2.75, 3.05) is 5.32 Å². The van der Waals surface area contributed by atoms with Gasteiger partial charge in [0.05, 0.1) is 30.1 Å². The summed E-state index contributed by atoms with van der Waals surface area (Å²) in [5.74, 6) is 0.508. The lowest BCUT2D eigenvalue weighted by Crippen LogP contribution is -2.19. The van der Waals surface area contributed by atoms with Crippen molar-refractivity contribution in [3.8, 4) is 11.3 Å². The van der Waals surface area contributed by atoms with Gasteiger partial charge < -0.3 is 10.4 Å². The summed E-state index contributed by atoms with van der Waals surface area (Å²) in [6.45, 7) is 2.14. The van der Waals surface area contributed by atoms with Crippen molar-refractivity contribution in [1.29, 1.82) is 0 Å². The van der Waals surface area contributed by atoms with Gasteiger partial charge in [0.1, 0.15) is 0 Å². The van der Waals surface area contributed by atoms with Crippen LogP contribution in [0.4, 0.5) is 5.82 Å². The summed E-state index contributed by atoms with van der Waals surface area (Å²) in [4.78, 5) is 22.3. The van der Waals surface area contributed by atoms with E-state index in [4.69, 9.17) is 9.97 Å². The Kier molecular flexibility index (Phi) is 5.67. The Bertz CT molecular complexity index is 1030. The van der Waals surface area contributed by atoms with Crippen molar-refractivity contribution >= 4 is 11.7 Å². The third-order valence-corrected chi connectivity index (χ3v) is 5.23. The maximum Gasteiger partial charge on any atom is 0.229 e. The summed E-state index contributed by atoms with van der Waals surface area (Å²) in [7, 11) is 0. The number of aliphatic hydroxyl groups excluding tert-OH is 1. The zero-order chi connectivity index (χ0) is 20.2.